The topological polar surface area (TPSA) is 15.3 Å². The number of rotatable bonds is 8. The Balaban J connectivity index is 1.90. The van der Waals surface area contributed by atoms with Crippen LogP contribution in [0.2, 0.25) is 0 Å². The number of hydrogen-bond acceptors (Lipinski definition) is 2. The van der Waals surface area contributed by atoms with Gasteiger partial charge in [-0.25, -0.2) is 0 Å². The third kappa shape index (κ3) is 7.38. The number of piperidine rings is 1. The quantitative estimate of drug-likeness (QED) is 0.667. The number of likely N-dealkylation sites (tertiary alicyclic amines) is 1. The van der Waals surface area contributed by atoms with Gasteiger partial charge >= 0.3 is 0 Å². The molecular weight excluding hydrogens is 220 g/mol. The van der Waals surface area contributed by atoms with Gasteiger partial charge in [0.15, 0.2) is 0 Å². The minimum atomic E-state index is 0.595. The van der Waals surface area contributed by atoms with Crippen LogP contribution in [0.3, 0.4) is 0 Å². The van der Waals surface area contributed by atoms with E-state index < -0.39 is 0 Å². The van der Waals surface area contributed by atoms with Gasteiger partial charge in [0.25, 0.3) is 0 Å². The monoisotopic (exact) mass is 254 g/mol. The Bertz CT molecular complexity index is 201. The minimum Gasteiger partial charge on any atom is -0.316 e. The molecule has 0 aromatic carbocycles. The van der Waals surface area contributed by atoms with E-state index >= 15 is 0 Å². The first-order valence-electron chi connectivity index (χ1n) is 7.93. The van der Waals surface area contributed by atoms with Crippen molar-refractivity contribution in [2.45, 2.75) is 59.8 Å². The fourth-order valence-electron chi connectivity index (χ4n) is 2.53. The summed E-state index contributed by atoms with van der Waals surface area (Å²) in [7, 11) is 0. The summed E-state index contributed by atoms with van der Waals surface area (Å²) >= 11 is 0. The van der Waals surface area contributed by atoms with Crippen molar-refractivity contribution < 1.29 is 0 Å². The lowest BCUT2D eigenvalue weighted by Gasteiger charge is -2.36. The Kier molecular flexibility index (Phi) is 7.25. The predicted octanol–water partition coefficient (Wildman–Crippen LogP) is 3.52. The van der Waals surface area contributed by atoms with Crippen molar-refractivity contribution in [3.05, 3.63) is 0 Å². The molecule has 0 radical (unpaired) electrons. The maximum atomic E-state index is 3.52. The molecule has 1 fully saturated rings. The Labute approximate surface area is 115 Å². The number of unbranched alkanes of at least 4 members (excludes halogenated alkanes) is 2. The van der Waals surface area contributed by atoms with Gasteiger partial charge in [-0.3, -0.25) is 0 Å². The zero-order chi connectivity index (χ0) is 13.4. The van der Waals surface area contributed by atoms with E-state index in [4.69, 9.17) is 0 Å². The third-order valence-corrected chi connectivity index (χ3v) is 4.09. The molecule has 0 aliphatic carbocycles. The molecule has 2 nitrogen and oxygen atoms in total. The van der Waals surface area contributed by atoms with Gasteiger partial charge in [0.2, 0.25) is 0 Å². The van der Waals surface area contributed by atoms with Crippen LogP contribution in [0.4, 0.5) is 0 Å². The highest BCUT2D eigenvalue weighted by atomic mass is 15.1. The van der Waals surface area contributed by atoms with Crippen molar-refractivity contribution >= 4 is 0 Å². The van der Waals surface area contributed by atoms with Gasteiger partial charge in [-0.05, 0) is 69.7 Å². The average Bonchev–Trinajstić information content (AvgIpc) is 2.29. The molecule has 0 saturated carbocycles. The first kappa shape index (κ1) is 16.0. The second-order valence-electron chi connectivity index (χ2n) is 7.16. The minimum absolute atomic E-state index is 0.595. The smallest absolute Gasteiger partial charge is 0.00136 e. The van der Waals surface area contributed by atoms with Crippen LogP contribution in [0.25, 0.3) is 0 Å². The van der Waals surface area contributed by atoms with Crippen molar-refractivity contribution in [1.82, 2.24) is 10.2 Å². The van der Waals surface area contributed by atoms with Crippen molar-refractivity contribution in [3.8, 4) is 0 Å². The molecule has 0 bridgehead atoms. The summed E-state index contributed by atoms with van der Waals surface area (Å²) < 4.78 is 0. The van der Waals surface area contributed by atoms with Gasteiger partial charge in [-0.2, -0.15) is 0 Å². The molecule has 1 heterocycles. The van der Waals surface area contributed by atoms with Crippen LogP contribution in [-0.2, 0) is 0 Å². The predicted molar refractivity (Wildman–Crippen MR) is 81.0 cm³/mol. The Morgan fingerprint density at radius 1 is 1.06 bits per heavy atom. The van der Waals surface area contributed by atoms with Crippen LogP contribution in [0.5, 0.6) is 0 Å². The highest BCUT2D eigenvalue weighted by Crippen LogP contribution is 2.29. The van der Waals surface area contributed by atoms with Crippen LogP contribution in [0.15, 0.2) is 0 Å². The van der Waals surface area contributed by atoms with Gasteiger partial charge in [-0.1, -0.05) is 34.1 Å². The molecule has 0 aromatic rings. The summed E-state index contributed by atoms with van der Waals surface area (Å²) in [4.78, 5) is 2.66. The molecule has 1 saturated heterocycles. The lowest BCUT2D eigenvalue weighted by atomic mass is 9.82. The maximum absolute atomic E-state index is 3.52. The fourth-order valence-corrected chi connectivity index (χ4v) is 2.53. The molecule has 2 heteroatoms. The largest absolute Gasteiger partial charge is 0.316 e. The number of nitrogens with zero attached hydrogens (tertiary/aromatic N) is 1. The van der Waals surface area contributed by atoms with E-state index in [0.717, 1.165) is 5.92 Å². The molecular formula is C16H34N2. The second-order valence-corrected chi connectivity index (χ2v) is 7.16. The summed E-state index contributed by atoms with van der Waals surface area (Å²) in [5.41, 5.74) is 0.595. The van der Waals surface area contributed by atoms with Crippen LogP contribution in [0.1, 0.15) is 59.8 Å². The Morgan fingerprint density at radius 3 is 2.33 bits per heavy atom. The van der Waals surface area contributed by atoms with Crippen LogP contribution in [-0.4, -0.2) is 37.6 Å². The summed E-state index contributed by atoms with van der Waals surface area (Å²) in [5.74, 6) is 0.779. The van der Waals surface area contributed by atoms with Crippen molar-refractivity contribution in [1.29, 1.82) is 0 Å². The molecule has 0 atom stereocenters. The van der Waals surface area contributed by atoms with E-state index in [1.54, 1.807) is 0 Å². The van der Waals surface area contributed by atoms with Crippen LogP contribution < -0.4 is 5.32 Å². The molecule has 1 aliphatic rings. The summed E-state index contributed by atoms with van der Waals surface area (Å²) in [6.45, 7) is 15.7. The molecule has 1 aliphatic heterocycles. The molecule has 0 aromatic heterocycles. The van der Waals surface area contributed by atoms with Crippen molar-refractivity contribution in [2.24, 2.45) is 11.3 Å². The highest BCUT2D eigenvalue weighted by molar-refractivity contribution is 4.78. The molecule has 0 spiro atoms. The number of nitrogens with one attached hydrogen (secondary N) is 1. The molecule has 108 valence electrons. The standard InChI is InChI=1S/C16H34N2/c1-15(2)14-17-10-6-5-7-11-18-12-8-16(3,4)9-13-18/h15,17H,5-14H2,1-4H3. The fraction of sp³-hybridized carbons (Fsp3) is 1.00. The van der Waals surface area contributed by atoms with E-state index in [2.05, 4.69) is 37.9 Å². The first-order valence-corrected chi connectivity index (χ1v) is 7.93. The van der Waals surface area contributed by atoms with Gasteiger partial charge in [0.1, 0.15) is 0 Å². The first-order chi connectivity index (χ1) is 8.49. The molecule has 0 unspecified atom stereocenters. The molecule has 18 heavy (non-hydrogen) atoms. The van der Waals surface area contributed by atoms with E-state index in [-0.39, 0.29) is 0 Å². The third-order valence-electron chi connectivity index (χ3n) is 4.09. The van der Waals surface area contributed by atoms with E-state index in [0.29, 0.717) is 5.41 Å². The summed E-state index contributed by atoms with van der Waals surface area (Å²) in [6, 6.07) is 0. The van der Waals surface area contributed by atoms with Crippen molar-refractivity contribution in [3.63, 3.8) is 0 Å². The van der Waals surface area contributed by atoms with Crippen LogP contribution in [0, 0.1) is 11.3 Å². The normalized spacial score (nSPS) is 20.5. The SMILES string of the molecule is CC(C)CNCCCCCN1CCC(C)(C)CC1. The Morgan fingerprint density at radius 2 is 1.72 bits per heavy atom. The molecule has 0 amide bonds. The molecule has 1 rings (SSSR count). The van der Waals surface area contributed by atoms with Gasteiger partial charge in [0, 0.05) is 0 Å². The van der Waals surface area contributed by atoms with Gasteiger partial charge < -0.3 is 10.2 Å². The van der Waals surface area contributed by atoms with Gasteiger partial charge in [-0.15, -0.1) is 0 Å². The second kappa shape index (κ2) is 8.16. The lowest BCUT2D eigenvalue weighted by molar-refractivity contribution is 0.131. The van der Waals surface area contributed by atoms with E-state index in [9.17, 15) is 0 Å². The number of hydrogen-bond donors (Lipinski definition) is 1. The highest BCUT2D eigenvalue weighted by Gasteiger charge is 2.24. The van der Waals surface area contributed by atoms with E-state index in [1.165, 1.54) is 64.8 Å². The average molecular weight is 254 g/mol. The van der Waals surface area contributed by atoms with Crippen LogP contribution >= 0.6 is 0 Å². The summed E-state index contributed by atoms with van der Waals surface area (Å²) in [5, 5.41) is 3.52. The summed E-state index contributed by atoms with van der Waals surface area (Å²) in [6.07, 6.45) is 6.85. The van der Waals surface area contributed by atoms with Crippen molar-refractivity contribution in [2.75, 3.05) is 32.7 Å². The zero-order valence-electron chi connectivity index (χ0n) is 13.1. The van der Waals surface area contributed by atoms with E-state index in [1.807, 2.05) is 0 Å². The zero-order valence-corrected chi connectivity index (χ0v) is 13.1. The maximum Gasteiger partial charge on any atom is -0.00136 e. The lowest BCUT2D eigenvalue weighted by Crippen LogP contribution is -2.37. The van der Waals surface area contributed by atoms with Gasteiger partial charge in [0.05, 0.1) is 0 Å². The molecule has 1 N–H and O–H groups in total. The Hall–Kier alpha value is -0.0800.